The number of rotatable bonds is 4. The molecule has 2 rings (SSSR count). The summed E-state index contributed by atoms with van der Waals surface area (Å²) in [6, 6.07) is 0. The number of hydrogen-bond donors (Lipinski definition) is 0. The first-order chi connectivity index (χ1) is 7.76. The quantitative estimate of drug-likeness (QED) is 0.779. The van der Waals surface area contributed by atoms with Crippen molar-refractivity contribution < 1.29 is 9.21 Å². The first-order valence-corrected chi connectivity index (χ1v) is 5.92. The summed E-state index contributed by atoms with van der Waals surface area (Å²) in [5, 5.41) is 0. The molecule has 0 saturated carbocycles. The SMILES string of the molecule is CCC1C(=O)N(CC)CC1Cc1cocn1. The molecule has 0 aromatic carbocycles. The number of likely N-dealkylation sites (tertiary alicyclic amines) is 1. The van der Waals surface area contributed by atoms with Gasteiger partial charge < -0.3 is 9.32 Å². The summed E-state index contributed by atoms with van der Waals surface area (Å²) in [7, 11) is 0. The Morgan fingerprint density at radius 2 is 2.38 bits per heavy atom. The fourth-order valence-corrected chi connectivity index (χ4v) is 2.54. The van der Waals surface area contributed by atoms with Gasteiger partial charge in [-0.2, -0.15) is 0 Å². The fourth-order valence-electron chi connectivity index (χ4n) is 2.54. The van der Waals surface area contributed by atoms with Gasteiger partial charge in [-0.15, -0.1) is 0 Å². The van der Waals surface area contributed by atoms with Crippen LogP contribution in [0.5, 0.6) is 0 Å². The largest absolute Gasteiger partial charge is 0.451 e. The predicted octanol–water partition coefficient (Wildman–Crippen LogP) is 1.72. The maximum atomic E-state index is 12.0. The van der Waals surface area contributed by atoms with E-state index in [-0.39, 0.29) is 5.92 Å². The van der Waals surface area contributed by atoms with E-state index < -0.39 is 0 Å². The van der Waals surface area contributed by atoms with Crippen molar-refractivity contribution in [2.24, 2.45) is 11.8 Å². The Balaban J connectivity index is 2.06. The van der Waals surface area contributed by atoms with Crippen molar-refractivity contribution in [1.82, 2.24) is 9.88 Å². The van der Waals surface area contributed by atoms with Crippen molar-refractivity contribution in [3.63, 3.8) is 0 Å². The molecule has 1 aromatic rings. The van der Waals surface area contributed by atoms with E-state index in [1.54, 1.807) is 6.26 Å². The lowest BCUT2D eigenvalue weighted by molar-refractivity contribution is -0.131. The van der Waals surface area contributed by atoms with Crippen LogP contribution in [0.4, 0.5) is 0 Å². The average molecular weight is 222 g/mol. The van der Waals surface area contributed by atoms with Crippen molar-refractivity contribution in [3.05, 3.63) is 18.4 Å². The highest BCUT2D eigenvalue weighted by atomic mass is 16.3. The van der Waals surface area contributed by atoms with Gasteiger partial charge in [-0.3, -0.25) is 4.79 Å². The van der Waals surface area contributed by atoms with Crippen molar-refractivity contribution in [3.8, 4) is 0 Å². The standard InChI is InChI=1S/C12H18N2O2/c1-3-11-9(5-10-7-16-8-13-10)6-14(4-2)12(11)15/h7-9,11H,3-6H2,1-2H3. The molecule has 2 heterocycles. The first kappa shape index (κ1) is 11.2. The maximum Gasteiger partial charge on any atom is 0.226 e. The van der Waals surface area contributed by atoms with Gasteiger partial charge in [-0.1, -0.05) is 6.92 Å². The van der Waals surface area contributed by atoms with Gasteiger partial charge in [0.15, 0.2) is 6.39 Å². The van der Waals surface area contributed by atoms with Gasteiger partial charge in [0.1, 0.15) is 6.26 Å². The molecule has 2 unspecified atom stereocenters. The van der Waals surface area contributed by atoms with Gasteiger partial charge in [-0.05, 0) is 25.7 Å². The minimum absolute atomic E-state index is 0.164. The van der Waals surface area contributed by atoms with Crippen molar-refractivity contribution in [1.29, 1.82) is 0 Å². The fraction of sp³-hybridized carbons (Fsp3) is 0.667. The van der Waals surface area contributed by atoms with E-state index in [1.165, 1.54) is 6.39 Å². The van der Waals surface area contributed by atoms with E-state index in [9.17, 15) is 4.79 Å². The summed E-state index contributed by atoms with van der Waals surface area (Å²) < 4.78 is 4.96. The highest BCUT2D eigenvalue weighted by Crippen LogP contribution is 2.29. The lowest BCUT2D eigenvalue weighted by Crippen LogP contribution is -2.26. The number of carbonyl (C=O) groups is 1. The van der Waals surface area contributed by atoms with Crippen LogP contribution in [0.2, 0.25) is 0 Å². The smallest absolute Gasteiger partial charge is 0.226 e. The van der Waals surface area contributed by atoms with Crippen LogP contribution in [-0.4, -0.2) is 28.9 Å². The van der Waals surface area contributed by atoms with Crippen LogP contribution in [0.15, 0.2) is 17.1 Å². The number of amides is 1. The van der Waals surface area contributed by atoms with E-state index in [0.717, 1.165) is 31.6 Å². The second-order valence-electron chi connectivity index (χ2n) is 4.34. The van der Waals surface area contributed by atoms with Crippen molar-refractivity contribution >= 4 is 5.91 Å². The molecule has 1 fully saturated rings. The van der Waals surface area contributed by atoms with E-state index in [4.69, 9.17) is 4.42 Å². The Bertz CT molecular complexity index is 348. The number of oxazole rings is 1. The molecule has 0 radical (unpaired) electrons. The van der Waals surface area contributed by atoms with E-state index in [0.29, 0.717) is 11.8 Å². The number of nitrogens with zero attached hydrogens (tertiary/aromatic N) is 2. The molecule has 0 spiro atoms. The van der Waals surface area contributed by atoms with Crippen LogP contribution < -0.4 is 0 Å². The highest BCUT2D eigenvalue weighted by Gasteiger charge is 2.38. The van der Waals surface area contributed by atoms with Crippen LogP contribution >= 0.6 is 0 Å². The molecule has 1 saturated heterocycles. The summed E-state index contributed by atoms with van der Waals surface area (Å²) in [5.74, 6) is 0.859. The van der Waals surface area contributed by atoms with Gasteiger partial charge in [0.25, 0.3) is 0 Å². The average Bonchev–Trinajstić information content (AvgIpc) is 2.87. The van der Waals surface area contributed by atoms with Crippen molar-refractivity contribution in [2.75, 3.05) is 13.1 Å². The zero-order valence-electron chi connectivity index (χ0n) is 9.85. The summed E-state index contributed by atoms with van der Waals surface area (Å²) in [6.45, 7) is 5.78. The third-order valence-electron chi connectivity index (χ3n) is 3.43. The molecule has 2 atom stereocenters. The second kappa shape index (κ2) is 4.68. The Kier molecular flexibility index (Phi) is 3.27. The molecule has 1 aromatic heterocycles. The van der Waals surface area contributed by atoms with Gasteiger partial charge in [0, 0.05) is 19.0 Å². The lowest BCUT2D eigenvalue weighted by Gasteiger charge is -2.12. The zero-order valence-corrected chi connectivity index (χ0v) is 9.85. The zero-order chi connectivity index (χ0) is 11.5. The van der Waals surface area contributed by atoms with Gasteiger partial charge in [0.05, 0.1) is 5.69 Å². The normalized spacial score (nSPS) is 25.4. The Morgan fingerprint density at radius 1 is 1.56 bits per heavy atom. The molecule has 1 aliphatic rings. The highest BCUT2D eigenvalue weighted by molar-refractivity contribution is 5.81. The van der Waals surface area contributed by atoms with E-state index in [2.05, 4.69) is 11.9 Å². The van der Waals surface area contributed by atoms with Crippen LogP contribution in [0.25, 0.3) is 0 Å². The molecule has 0 bridgehead atoms. The topological polar surface area (TPSA) is 46.3 Å². The number of aromatic nitrogens is 1. The molecule has 16 heavy (non-hydrogen) atoms. The summed E-state index contributed by atoms with van der Waals surface area (Å²) in [5.41, 5.74) is 0.953. The molecule has 4 nitrogen and oxygen atoms in total. The van der Waals surface area contributed by atoms with E-state index in [1.807, 2.05) is 11.8 Å². The molecular formula is C12H18N2O2. The second-order valence-corrected chi connectivity index (χ2v) is 4.34. The van der Waals surface area contributed by atoms with Crippen LogP contribution in [0, 0.1) is 11.8 Å². The van der Waals surface area contributed by atoms with E-state index >= 15 is 0 Å². The minimum atomic E-state index is 0.164. The van der Waals surface area contributed by atoms with Crippen LogP contribution in [0.1, 0.15) is 26.0 Å². The number of carbonyl (C=O) groups excluding carboxylic acids is 1. The molecular weight excluding hydrogens is 204 g/mol. The lowest BCUT2D eigenvalue weighted by atomic mass is 9.89. The van der Waals surface area contributed by atoms with Crippen LogP contribution in [0.3, 0.4) is 0 Å². The molecule has 1 aliphatic heterocycles. The summed E-state index contributed by atoms with van der Waals surface area (Å²) in [4.78, 5) is 18.1. The molecule has 88 valence electrons. The minimum Gasteiger partial charge on any atom is -0.451 e. The van der Waals surface area contributed by atoms with Gasteiger partial charge in [-0.25, -0.2) is 4.98 Å². The monoisotopic (exact) mass is 222 g/mol. The Hall–Kier alpha value is -1.32. The first-order valence-electron chi connectivity index (χ1n) is 5.92. The molecule has 0 aliphatic carbocycles. The molecule has 1 amide bonds. The van der Waals surface area contributed by atoms with Gasteiger partial charge >= 0.3 is 0 Å². The molecule has 0 N–H and O–H groups in total. The maximum absolute atomic E-state index is 12.0. The Labute approximate surface area is 95.6 Å². The third-order valence-corrected chi connectivity index (χ3v) is 3.43. The molecule has 4 heteroatoms. The summed E-state index contributed by atoms with van der Waals surface area (Å²) >= 11 is 0. The summed E-state index contributed by atoms with van der Waals surface area (Å²) in [6.07, 6.45) is 4.88. The number of hydrogen-bond acceptors (Lipinski definition) is 3. The van der Waals surface area contributed by atoms with Crippen LogP contribution in [-0.2, 0) is 11.2 Å². The third kappa shape index (κ3) is 1.96. The van der Waals surface area contributed by atoms with Gasteiger partial charge in [0.2, 0.25) is 5.91 Å². The Morgan fingerprint density at radius 3 is 2.94 bits per heavy atom. The van der Waals surface area contributed by atoms with Crippen molar-refractivity contribution in [2.45, 2.75) is 26.7 Å². The predicted molar refractivity (Wildman–Crippen MR) is 59.7 cm³/mol.